The van der Waals surface area contributed by atoms with Crippen LogP contribution >= 0.6 is 0 Å². The average Bonchev–Trinajstić information content (AvgIpc) is 2.73. The number of H-pyrrole nitrogens is 1. The van der Waals surface area contributed by atoms with E-state index < -0.39 is 17.6 Å². The monoisotopic (exact) mass is 284 g/mol. The molecule has 0 spiro atoms. The molecule has 8 heteroatoms. The van der Waals surface area contributed by atoms with E-state index in [1.165, 1.54) is 6.07 Å². The summed E-state index contributed by atoms with van der Waals surface area (Å²) in [7, 11) is 0. The van der Waals surface area contributed by atoms with Gasteiger partial charge in [-0.15, -0.1) is 5.10 Å². The number of aryl methyl sites for hydroxylation is 1. The van der Waals surface area contributed by atoms with Gasteiger partial charge in [0, 0.05) is 17.3 Å². The van der Waals surface area contributed by atoms with Crippen LogP contribution in [-0.4, -0.2) is 16.0 Å². The van der Waals surface area contributed by atoms with E-state index in [0.29, 0.717) is 0 Å². The summed E-state index contributed by atoms with van der Waals surface area (Å²) in [6.07, 6.45) is -4.62. The number of aromatic amines is 1. The fraction of sp³-hybridized carbons (Fsp3) is 0.167. The first kappa shape index (κ1) is 13.9. The molecule has 4 N–H and O–H groups in total. The van der Waals surface area contributed by atoms with Crippen LogP contribution in [0.5, 0.6) is 11.6 Å². The van der Waals surface area contributed by atoms with Crippen LogP contribution in [-0.2, 0) is 6.18 Å². The number of amidine groups is 1. The molecule has 2 aromatic rings. The Bertz CT molecular complexity index is 648. The van der Waals surface area contributed by atoms with Crippen molar-refractivity contribution in [1.29, 1.82) is 5.41 Å². The highest BCUT2D eigenvalue weighted by Gasteiger charge is 2.34. The van der Waals surface area contributed by atoms with Crippen LogP contribution in [0.25, 0.3) is 0 Å². The zero-order valence-electron chi connectivity index (χ0n) is 10.4. The topological polar surface area (TPSA) is 87.8 Å². The molecule has 20 heavy (non-hydrogen) atoms. The van der Waals surface area contributed by atoms with Crippen LogP contribution in [0.4, 0.5) is 13.2 Å². The fourth-order valence-electron chi connectivity index (χ4n) is 1.62. The smallest absolute Gasteiger partial charge is 0.417 e. The third-order valence-corrected chi connectivity index (χ3v) is 2.49. The van der Waals surface area contributed by atoms with Crippen molar-refractivity contribution in [1.82, 2.24) is 10.2 Å². The van der Waals surface area contributed by atoms with Gasteiger partial charge in [0.05, 0.1) is 5.56 Å². The maximum absolute atomic E-state index is 12.9. The molecular formula is C12H11F3N4O. The second-order valence-corrected chi connectivity index (χ2v) is 4.11. The van der Waals surface area contributed by atoms with Crippen LogP contribution in [0.3, 0.4) is 0 Å². The number of aromatic nitrogens is 2. The highest BCUT2D eigenvalue weighted by molar-refractivity contribution is 5.96. The number of ether oxygens (including phenoxy) is 1. The predicted molar refractivity (Wildman–Crippen MR) is 65.9 cm³/mol. The van der Waals surface area contributed by atoms with Gasteiger partial charge in [0.2, 0.25) is 5.88 Å². The zero-order chi connectivity index (χ0) is 14.9. The summed E-state index contributed by atoms with van der Waals surface area (Å²) in [5, 5.41) is 13.5. The third-order valence-electron chi connectivity index (χ3n) is 2.49. The molecular weight excluding hydrogens is 273 g/mol. The van der Waals surface area contributed by atoms with E-state index in [1.54, 1.807) is 13.0 Å². The van der Waals surface area contributed by atoms with Gasteiger partial charge in [-0.2, -0.15) is 13.2 Å². The molecule has 0 amide bonds. The molecule has 0 bridgehead atoms. The Morgan fingerprint density at radius 3 is 2.55 bits per heavy atom. The molecule has 0 aliphatic carbocycles. The Hall–Kier alpha value is -2.51. The first-order valence-electron chi connectivity index (χ1n) is 5.53. The Kier molecular flexibility index (Phi) is 3.39. The lowest BCUT2D eigenvalue weighted by Crippen LogP contribution is -2.18. The Labute approximate surface area is 112 Å². The van der Waals surface area contributed by atoms with Gasteiger partial charge < -0.3 is 10.5 Å². The number of alkyl halides is 3. The molecule has 0 aliphatic heterocycles. The van der Waals surface area contributed by atoms with E-state index in [0.717, 1.165) is 17.8 Å². The normalized spacial score (nSPS) is 11.4. The second kappa shape index (κ2) is 4.87. The molecule has 1 aromatic heterocycles. The summed E-state index contributed by atoms with van der Waals surface area (Å²) >= 11 is 0. The number of rotatable bonds is 3. The largest absolute Gasteiger partial charge is 0.438 e. The average molecular weight is 284 g/mol. The summed E-state index contributed by atoms with van der Waals surface area (Å²) in [4.78, 5) is 0. The lowest BCUT2D eigenvalue weighted by atomic mass is 10.1. The standard InChI is InChI=1S/C12H11F3N4O/c1-6-4-10(19-18-6)20-7-2-3-8(11(16)17)9(5-7)12(13,14)15/h2-5H,1H3,(H3,16,17)(H,18,19). The van der Waals surface area contributed by atoms with Gasteiger partial charge in [-0.3, -0.25) is 10.5 Å². The molecule has 5 nitrogen and oxygen atoms in total. The van der Waals surface area contributed by atoms with Crippen molar-refractivity contribution >= 4 is 5.84 Å². The van der Waals surface area contributed by atoms with Gasteiger partial charge in [0.15, 0.2) is 0 Å². The summed E-state index contributed by atoms with van der Waals surface area (Å²) in [5.41, 5.74) is 4.46. The molecule has 0 saturated carbocycles. The molecule has 2 rings (SSSR count). The van der Waals surface area contributed by atoms with Gasteiger partial charge in [0.25, 0.3) is 0 Å². The number of nitrogen functional groups attached to an aromatic ring is 1. The van der Waals surface area contributed by atoms with Crippen LogP contribution in [0, 0.1) is 12.3 Å². The summed E-state index contributed by atoms with van der Waals surface area (Å²) in [5.74, 6) is -0.528. The molecule has 0 fully saturated rings. The van der Waals surface area contributed by atoms with Crippen LogP contribution in [0.15, 0.2) is 24.3 Å². The number of halogens is 3. The molecule has 0 saturated heterocycles. The lowest BCUT2D eigenvalue weighted by Gasteiger charge is -2.13. The Morgan fingerprint density at radius 1 is 1.35 bits per heavy atom. The minimum Gasteiger partial charge on any atom is -0.438 e. The summed E-state index contributed by atoms with van der Waals surface area (Å²) in [6, 6.07) is 4.74. The number of benzene rings is 1. The van der Waals surface area contributed by atoms with Gasteiger partial charge >= 0.3 is 6.18 Å². The van der Waals surface area contributed by atoms with Crippen molar-refractivity contribution in [3.8, 4) is 11.6 Å². The third kappa shape index (κ3) is 2.90. The second-order valence-electron chi connectivity index (χ2n) is 4.11. The first-order chi connectivity index (χ1) is 9.27. The van der Waals surface area contributed by atoms with Gasteiger partial charge in [-0.25, -0.2) is 0 Å². The predicted octanol–water partition coefficient (Wildman–Crippen LogP) is 2.81. The summed E-state index contributed by atoms with van der Waals surface area (Å²) in [6.45, 7) is 1.74. The van der Waals surface area contributed by atoms with E-state index in [1.807, 2.05) is 0 Å². The van der Waals surface area contributed by atoms with Crippen LogP contribution < -0.4 is 10.5 Å². The highest BCUT2D eigenvalue weighted by Crippen LogP contribution is 2.35. The van der Waals surface area contributed by atoms with E-state index in [9.17, 15) is 13.2 Å². The molecule has 0 unspecified atom stereocenters. The maximum atomic E-state index is 12.9. The van der Waals surface area contributed by atoms with Crippen molar-refractivity contribution in [2.24, 2.45) is 5.73 Å². The molecule has 0 atom stereocenters. The maximum Gasteiger partial charge on any atom is 0.417 e. The van der Waals surface area contributed by atoms with Gasteiger partial charge in [-0.05, 0) is 25.1 Å². The van der Waals surface area contributed by atoms with Crippen LogP contribution in [0.1, 0.15) is 16.8 Å². The van der Waals surface area contributed by atoms with E-state index in [4.69, 9.17) is 15.9 Å². The Balaban J connectivity index is 2.39. The molecule has 1 aromatic carbocycles. The first-order valence-corrected chi connectivity index (χ1v) is 5.53. The molecule has 0 radical (unpaired) electrons. The zero-order valence-corrected chi connectivity index (χ0v) is 10.4. The minimum absolute atomic E-state index is 0.0335. The summed E-state index contributed by atoms with van der Waals surface area (Å²) < 4.78 is 43.9. The van der Waals surface area contributed by atoms with Crippen molar-refractivity contribution in [3.05, 3.63) is 41.1 Å². The van der Waals surface area contributed by atoms with E-state index in [2.05, 4.69) is 10.2 Å². The number of hydrogen-bond donors (Lipinski definition) is 3. The van der Waals surface area contributed by atoms with Crippen molar-refractivity contribution in [2.45, 2.75) is 13.1 Å². The molecule has 0 aliphatic rings. The van der Waals surface area contributed by atoms with Crippen molar-refractivity contribution < 1.29 is 17.9 Å². The number of nitrogens with one attached hydrogen (secondary N) is 2. The molecule has 106 valence electrons. The quantitative estimate of drug-likeness (QED) is 0.598. The lowest BCUT2D eigenvalue weighted by molar-refractivity contribution is -0.137. The van der Waals surface area contributed by atoms with Gasteiger partial charge in [-0.1, -0.05) is 0 Å². The number of nitrogens with zero attached hydrogens (tertiary/aromatic N) is 1. The SMILES string of the molecule is Cc1cc(Oc2ccc(C(=N)N)c(C(F)(F)F)c2)n[nH]1. The van der Waals surface area contributed by atoms with Crippen LogP contribution in [0.2, 0.25) is 0 Å². The van der Waals surface area contributed by atoms with Gasteiger partial charge in [0.1, 0.15) is 11.6 Å². The fourth-order valence-corrected chi connectivity index (χ4v) is 1.62. The Morgan fingerprint density at radius 2 is 2.05 bits per heavy atom. The highest BCUT2D eigenvalue weighted by atomic mass is 19.4. The van der Waals surface area contributed by atoms with E-state index >= 15 is 0 Å². The number of hydrogen-bond acceptors (Lipinski definition) is 3. The minimum atomic E-state index is -4.62. The van der Waals surface area contributed by atoms with Crippen molar-refractivity contribution in [3.63, 3.8) is 0 Å². The number of nitrogens with two attached hydrogens (primary N) is 1. The molecule has 1 heterocycles. The van der Waals surface area contributed by atoms with E-state index in [-0.39, 0.29) is 17.2 Å². The van der Waals surface area contributed by atoms with Crippen molar-refractivity contribution in [2.75, 3.05) is 0 Å².